The van der Waals surface area contributed by atoms with Gasteiger partial charge in [0.15, 0.2) is 0 Å². The van der Waals surface area contributed by atoms with Crippen LogP contribution in [0.3, 0.4) is 0 Å². The number of unbranched alkanes of at least 4 members (excludes halogenated alkanes) is 1. The van der Waals surface area contributed by atoms with Crippen molar-refractivity contribution < 1.29 is 29.0 Å². The molecule has 2 aromatic carbocycles. The van der Waals surface area contributed by atoms with Crippen LogP contribution in [0.4, 0.5) is 4.79 Å². The van der Waals surface area contributed by atoms with Crippen LogP contribution < -0.4 is 10.6 Å². The smallest absolute Gasteiger partial charge is 0.407 e. The molecule has 0 aliphatic heterocycles. The molecule has 1 aliphatic carbocycles. The van der Waals surface area contributed by atoms with Crippen LogP contribution in [0, 0.1) is 0 Å². The first-order valence-electron chi connectivity index (χ1n) is 12.0. The first-order chi connectivity index (χ1) is 16.8. The van der Waals surface area contributed by atoms with E-state index >= 15 is 0 Å². The molecular weight excluding hydrogens is 448 g/mol. The predicted octanol–water partition coefficient (Wildman–Crippen LogP) is 4.08. The second-order valence-corrected chi connectivity index (χ2v) is 8.83. The average Bonchev–Trinajstić information content (AvgIpc) is 3.17. The van der Waals surface area contributed by atoms with Crippen molar-refractivity contribution in [3.05, 3.63) is 59.7 Å². The number of hydrogen-bond acceptors (Lipinski definition) is 5. The number of alkyl carbamates (subject to hydrolysis) is 1. The number of hydrogen-bond donors (Lipinski definition) is 3. The zero-order chi connectivity index (χ0) is 25.4. The summed E-state index contributed by atoms with van der Waals surface area (Å²) in [6.45, 7) is 3.77. The van der Waals surface area contributed by atoms with E-state index in [0.29, 0.717) is 6.42 Å². The number of carboxylic acid groups (broad SMARTS) is 1. The Kier molecular flexibility index (Phi) is 9.25. The summed E-state index contributed by atoms with van der Waals surface area (Å²) in [5.41, 5.74) is 4.43. The number of nitrogens with one attached hydrogen (secondary N) is 2. The molecule has 3 N–H and O–H groups in total. The fraction of sp³-hybridized carbons (Fsp3) is 0.444. The normalized spacial score (nSPS) is 14.8. The van der Waals surface area contributed by atoms with Crippen molar-refractivity contribution in [2.24, 2.45) is 0 Å². The van der Waals surface area contributed by atoms with E-state index in [1.807, 2.05) is 43.3 Å². The molecule has 3 atom stereocenters. The standard InChI is InChI=1S/C27H34N2O6/c1-4-5-10-18(15-24(30)31)28-26(32)25(17(2)34-3)29-27(33)35-16-23-21-13-8-6-11-19(21)20-12-7-9-14-22(20)23/h6-9,11-14,17-18,23,25H,4-5,10,15-16H2,1-3H3,(H,28,32)(H,29,33)(H,30,31)/t17?,18-,25?/m1/s1. The molecular formula is C27H34N2O6. The molecule has 2 aromatic rings. The second kappa shape index (κ2) is 12.4. The lowest BCUT2D eigenvalue weighted by Crippen LogP contribution is -2.55. The molecule has 0 bridgehead atoms. The molecule has 0 spiro atoms. The Morgan fingerprint density at radius 2 is 1.60 bits per heavy atom. The van der Waals surface area contributed by atoms with Crippen LogP contribution in [0.25, 0.3) is 11.1 Å². The number of carbonyl (C=O) groups excluding carboxylic acids is 2. The summed E-state index contributed by atoms with van der Waals surface area (Å²) in [4.78, 5) is 36.9. The summed E-state index contributed by atoms with van der Waals surface area (Å²) in [6, 6.07) is 14.5. The number of aliphatic carboxylic acids is 1. The molecule has 0 heterocycles. The van der Waals surface area contributed by atoms with Crippen molar-refractivity contribution >= 4 is 18.0 Å². The third kappa shape index (κ3) is 6.60. The minimum atomic E-state index is -1.03. The summed E-state index contributed by atoms with van der Waals surface area (Å²) >= 11 is 0. The zero-order valence-electron chi connectivity index (χ0n) is 20.5. The van der Waals surface area contributed by atoms with Crippen molar-refractivity contribution in [1.29, 1.82) is 0 Å². The largest absolute Gasteiger partial charge is 0.481 e. The van der Waals surface area contributed by atoms with E-state index in [1.54, 1.807) is 6.92 Å². The average molecular weight is 483 g/mol. The van der Waals surface area contributed by atoms with Gasteiger partial charge in [0, 0.05) is 19.1 Å². The molecule has 0 fully saturated rings. The van der Waals surface area contributed by atoms with E-state index < -0.39 is 36.2 Å². The fourth-order valence-corrected chi connectivity index (χ4v) is 4.48. The molecule has 8 nitrogen and oxygen atoms in total. The maximum Gasteiger partial charge on any atom is 0.407 e. The molecule has 3 rings (SSSR count). The highest BCUT2D eigenvalue weighted by molar-refractivity contribution is 5.87. The lowest BCUT2D eigenvalue weighted by Gasteiger charge is -2.26. The summed E-state index contributed by atoms with van der Waals surface area (Å²) in [5, 5.41) is 14.5. The molecule has 35 heavy (non-hydrogen) atoms. The van der Waals surface area contributed by atoms with Gasteiger partial charge in [0.2, 0.25) is 5.91 Å². The van der Waals surface area contributed by atoms with Gasteiger partial charge in [0.25, 0.3) is 0 Å². The van der Waals surface area contributed by atoms with Gasteiger partial charge in [-0.1, -0.05) is 68.3 Å². The van der Waals surface area contributed by atoms with Crippen molar-refractivity contribution in [3.63, 3.8) is 0 Å². The topological polar surface area (TPSA) is 114 Å². The number of carbonyl (C=O) groups is 3. The summed E-state index contributed by atoms with van der Waals surface area (Å²) in [7, 11) is 1.44. The van der Waals surface area contributed by atoms with Crippen LogP contribution in [0.15, 0.2) is 48.5 Å². The summed E-state index contributed by atoms with van der Waals surface area (Å²) in [5.74, 6) is -1.60. The highest BCUT2D eigenvalue weighted by atomic mass is 16.5. The van der Waals surface area contributed by atoms with E-state index in [1.165, 1.54) is 7.11 Å². The zero-order valence-corrected chi connectivity index (χ0v) is 20.5. The second-order valence-electron chi connectivity index (χ2n) is 8.83. The van der Waals surface area contributed by atoms with Crippen molar-refractivity contribution in [3.8, 4) is 11.1 Å². The van der Waals surface area contributed by atoms with Gasteiger partial charge < -0.3 is 25.2 Å². The van der Waals surface area contributed by atoms with Gasteiger partial charge in [-0.15, -0.1) is 0 Å². The van der Waals surface area contributed by atoms with Gasteiger partial charge in [-0.05, 0) is 35.6 Å². The Bertz CT molecular complexity index is 994. The highest BCUT2D eigenvalue weighted by Crippen LogP contribution is 2.44. The molecule has 0 aromatic heterocycles. The van der Waals surface area contributed by atoms with E-state index in [0.717, 1.165) is 35.1 Å². The van der Waals surface area contributed by atoms with Gasteiger partial charge in [-0.25, -0.2) is 4.79 Å². The number of ether oxygens (including phenoxy) is 2. The number of carboxylic acids is 1. The van der Waals surface area contributed by atoms with Crippen molar-refractivity contribution in [1.82, 2.24) is 10.6 Å². The molecule has 188 valence electrons. The molecule has 2 amide bonds. The molecule has 1 aliphatic rings. The fourth-order valence-electron chi connectivity index (χ4n) is 4.48. The quantitative estimate of drug-likeness (QED) is 0.420. The van der Waals surface area contributed by atoms with E-state index in [-0.39, 0.29) is 18.9 Å². The van der Waals surface area contributed by atoms with E-state index in [9.17, 15) is 19.5 Å². The SMILES string of the molecule is CCCC[C@H](CC(=O)O)NC(=O)C(NC(=O)OCC1c2ccccc2-c2ccccc21)C(C)OC. The Hall–Kier alpha value is -3.39. The monoisotopic (exact) mass is 482 g/mol. The van der Waals surface area contributed by atoms with Crippen LogP contribution in [-0.2, 0) is 19.1 Å². The lowest BCUT2D eigenvalue weighted by molar-refractivity contribution is -0.138. The summed E-state index contributed by atoms with van der Waals surface area (Å²) in [6.07, 6.45) is 0.620. The van der Waals surface area contributed by atoms with Gasteiger partial charge in [0.05, 0.1) is 12.5 Å². The van der Waals surface area contributed by atoms with Crippen LogP contribution in [0.1, 0.15) is 56.6 Å². The van der Waals surface area contributed by atoms with Crippen LogP contribution in [0.5, 0.6) is 0 Å². The first-order valence-corrected chi connectivity index (χ1v) is 12.0. The Morgan fingerprint density at radius 1 is 1.00 bits per heavy atom. The number of fused-ring (bicyclic) bond motifs is 3. The molecule has 0 saturated heterocycles. The van der Waals surface area contributed by atoms with Crippen molar-refractivity contribution in [2.45, 2.75) is 63.6 Å². The Labute approximate surface area is 206 Å². The van der Waals surface area contributed by atoms with Crippen LogP contribution in [0.2, 0.25) is 0 Å². The number of amides is 2. The third-order valence-electron chi connectivity index (χ3n) is 6.41. The van der Waals surface area contributed by atoms with Crippen molar-refractivity contribution in [2.75, 3.05) is 13.7 Å². The predicted molar refractivity (Wildman–Crippen MR) is 132 cm³/mol. The maximum absolute atomic E-state index is 13.0. The van der Waals surface area contributed by atoms with E-state index in [4.69, 9.17) is 9.47 Å². The van der Waals surface area contributed by atoms with Gasteiger partial charge in [-0.2, -0.15) is 0 Å². The van der Waals surface area contributed by atoms with Crippen LogP contribution >= 0.6 is 0 Å². The molecule has 0 radical (unpaired) electrons. The molecule has 0 saturated carbocycles. The minimum absolute atomic E-state index is 0.103. The lowest BCUT2D eigenvalue weighted by atomic mass is 9.98. The van der Waals surface area contributed by atoms with Gasteiger partial charge in [0.1, 0.15) is 12.6 Å². The number of benzene rings is 2. The minimum Gasteiger partial charge on any atom is -0.481 e. The van der Waals surface area contributed by atoms with Gasteiger partial charge in [-0.3, -0.25) is 9.59 Å². The molecule has 2 unspecified atom stereocenters. The third-order valence-corrected chi connectivity index (χ3v) is 6.41. The molecule has 8 heteroatoms. The van der Waals surface area contributed by atoms with Crippen LogP contribution in [-0.4, -0.2) is 55.0 Å². The number of rotatable bonds is 12. The number of methoxy groups -OCH3 is 1. The first kappa shape index (κ1) is 26.2. The maximum atomic E-state index is 13.0. The van der Waals surface area contributed by atoms with Gasteiger partial charge >= 0.3 is 12.1 Å². The Morgan fingerprint density at radius 3 is 2.14 bits per heavy atom. The highest BCUT2D eigenvalue weighted by Gasteiger charge is 2.32. The van der Waals surface area contributed by atoms with E-state index in [2.05, 4.69) is 22.8 Å². The Balaban J connectivity index is 1.66. The summed E-state index contributed by atoms with van der Waals surface area (Å²) < 4.78 is 10.9.